The van der Waals surface area contributed by atoms with Crippen molar-refractivity contribution < 1.29 is 8.42 Å². The lowest BCUT2D eigenvalue weighted by Gasteiger charge is -2.35. The van der Waals surface area contributed by atoms with Gasteiger partial charge in [-0.05, 0) is 43.3 Å². The van der Waals surface area contributed by atoms with Gasteiger partial charge in [0.2, 0.25) is 0 Å². The fourth-order valence-electron chi connectivity index (χ4n) is 4.57. The molecule has 4 fully saturated rings. The van der Waals surface area contributed by atoms with Crippen LogP contribution in [0.5, 0.6) is 0 Å². The maximum absolute atomic E-state index is 11.8. The molecule has 0 spiro atoms. The molecule has 5 unspecified atom stereocenters. The van der Waals surface area contributed by atoms with Gasteiger partial charge in [0.05, 0.1) is 23.6 Å². The van der Waals surface area contributed by atoms with E-state index in [-0.39, 0.29) is 17.8 Å². The monoisotopic (exact) mass is 286 g/mol. The molecular weight excluding hydrogens is 268 g/mol. The van der Waals surface area contributed by atoms with Crippen molar-refractivity contribution in [3.05, 3.63) is 0 Å². The van der Waals surface area contributed by atoms with Gasteiger partial charge in [-0.3, -0.25) is 0 Å². The molecule has 0 aromatic heterocycles. The van der Waals surface area contributed by atoms with E-state index in [2.05, 4.69) is 10.2 Å². The minimum absolute atomic E-state index is 0.0432. The molecule has 4 rings (SSSR count). The van der Waals surface area contributed by atoms with Crippen LogP contribution in [0.3, 0.4) is 0 Å². The molecule has 5 atom stereocenters. The summed E-state index contributed by atoms with van der Waals surface area (Å²) >= 11 is 5.44. The van der Waals surface area contributed by atoms with E-state index in [4.69, 9.17) is 12.2 Å². The molecule has 0 amide bonds. The average Bonchev–Trinajstić information content (AvgIpc) is 2.96. The number of hydrogen-bond acceptors (Lipinski definition) is 3. The Labute approximate surface area is 113 Å². The molecule has 2 aliphatic carbocycles. The van der Waals surface area contributed by atoms with Gasteiger partial charge in [0.25, 0.3) is 0 Å². The molecule has 1 N–H and O–H groups in total. The Morgan fingerprint density at radius 2 is 2.00 bits per heavy atom. The summed E-state index contributed by atoms with van der Waals surface area (Å²) in [5.74, 6) is 2.16. The minimum Gasteiger partial charge on any atom is -0.357 e. The van der Waals surface area contributed by atoms with E-state index >= 15 is 0 Å². The first-order valence-electron chi connectivity index (χ1n) is 6.83. The van der Waals surface area contributed by atoms with Gasteiger partial charge in [-0.15, -0.1) is 0 Å². The fraction of sp³-hybridized carbons (Fsp3) is 0.917. The van der Waals surface area contributed by atoms with Crippen molar-refractivity contribution in [3.8, 4) is 0 Å². The third-order valence-electron chi connectivity index (χ3n) is 5.28. The summed E-state index contributed by atoms with van der Waals surface area (Å²) in [5.41, 5.74) is 0. The van der Waals surface area contributed by atoms with Crippen molar-refractivity contribution >= 4 is 27.2 Å². The van der Waals surface area contributed by atoms with Gasteiger partial charge >= 0.3 is 0 Å². The molecule has 4 aliphatic rings. The highest BCUT2D eigenvalue weighted by Crippen LogP contribution is 2.48. The summed E-state index contributed by atoms with van der Waals surface area (Å²) in [6.45, 7) is 0. The first-order chi connectivity index (χ1) is 8.53. The van der Waals surface area contributed by atoms with E-state index in [1.165, 1.54) is 25.7 Å². The number of sulfone groups is 1. The van der Waals surface area contributed by atoms with Crippen molar-refractivity contribution in [2.24, 2.45) is 11.8 Å². The number of rotatable bonds is 1. The van der Waals surface area contributed by atoms with Crippen molar-refractivity contribution in [1.82, 2.24) is 10.2 Å². The number of thiocarbonyl (C=S) groups is 1. The SMILES string of the molecule is O=S1(=O)CC2NC(=S)N(C3CC4CCC3C4)C2C1. The standard InChI is InChI=1S/C12H18N2O2S2/c15-18(16)5-9-11(6-18)14(12(17)13-9)10-4-7-1-2-8(10)3-7/h7-11H,1-6H2,(H,13,17). The highest BCUT2D eigenvalue weighted by Gasteiger charge is 2.53. The van der Waals surface area contributed by atoms with Crippen LogP contribution in [0, 0.1) is 11.8 Å². The summed E-state index contributed by atoms with van der Waals surface area (Å²) in [7, 11) is -2.87. The van der Waals surface area contributed by atoms with Crippen molar-refractivity contribution in [1.29, 1.82) is 0 Å². The molecule has 18 heavy (non-hydrogen) atoms. The van der Waals surface area contributed by atoms with E-state index in [1.54, 1.807) is 0 Å². The number of nitrogens with one attached hydrogen (secondary N) is 1. The predicted molar refractivity (Wildman–Crippen MR) is 73.0 cm³/mol. The lowest BCUT2D eigenvalue weighted by Crippen LogP contribution is -2.46. The van der Waals surface area contributed by atoms with Gasteiger partial charge in [-0.1, -0.05) is 6.42 Å². The molecule has 2 aliphatic heterocycles. The molecule has 6 heteroatoms. The highest BCUT2D eigenvalue weighted by atomic mass is 32.2. The second-order valence-electron chi connectivity index (χ2n) is 6.35. The van der Waals surface area contributed by atoms with Crippen LogP contribution in [0.1, 0.15) is 25.7 Å². The molecule has 2 saturated carbocycles. The molecule has 2 heterocycles. The van der Waals surface area contributed by atoms with E-state index in [9.17, 15) is 8.42 Å². The zero-order valence-corrected chi connectivity index (χ0v) is 11.8. The number of hydrogen-bond donors (Lipinski definition) is 1. The Bertz CT molecular complexity index is 504. The largest absolute Gasteiger partial charge is 0.357 e. The highest BCUT2D eigenvalue weighted by molar-refractivity contribution is 7.91. The normalized spacial score (nSPS) is 48.6. The third kappa shape index (κ3) is 1.54. The van der Waals surface area contributed by atoms with E-state index in [1.807, 2.05) is 0 Å². The van der Waals surface area contributed by atoms with Gasteiger partial charge in [0.1, 0.15) is 0 Å². The Hall–Kier alpha value is -0.360. The third-order valence-corrected chi connectivity index (χ3v) is 7.33. The first kappa shape index (κ1) is 11.5. The zero-order chi connectivity index (χ0) is 12.5. The molecule has 0 aromatic carbocycles. The van der Waals surface area contributed by atoms with Crippen LogP contribution in [0.25, 0.3) is 0 Å². The maximum Gasteiger partial charge on any atom is 0.169 e. The topological polar surface area (TPSA) is 49.4 Å². The van der Waals surface area contributed by atoms with Gasteiger partial charge in [-0.2, -0.15) is 0 Å². The van der Waals surface area contributed by atoms with Crippen LogP contribution in [0.2, 0.25) is 0 Å². The average molecular weight is 286 g/mol. The Morgan fingerprint density at radius 1 is 1.17 bits per heavy atom. The molecule has 2 bridgehead atoms. The fourth-order valence-corrected chi connectivity index (χ4v) is 6.90. The lowest BCUT2D eigenvalue weighted by molar-refractivity contribution is 0.200. The van der Waals surface area contributed by atoms with Crippen LogP contribution in [-0.4, -0.2) is 48.1 Å². The van der Waals surface area contributed by atoms with Gasteiger partial charge < -0.3 is 10.2 Å². The first-order valence-corrected chi connectivity index (χ1v) is 9.06. The molecule has 2 saturated heterocycles. The summed E-state index contributed by atoms with van der Waals surface area (Å²) in [6, 6.07) is 0.653. The van der Waals surface area contributed by atoms with Crippen LogP contribution in [0.4, 0.5) is 0 Å². The lowest BCUT2D eigenvalue weighted by atomic mass is 9.93. The quantitative estimate of drug-likeness (QED) is 0.713. The van der Waals surface area contributed by atoms with Crippen LogP contribution in [0.15, 0.2) is 0 Å². The zero-order valence-electron chi connectivity index (χ0n) is 10.2. The van der Waals surface area contributed by atoms with Gasteiger partial charge in [-0.25, -0.2) is 8.42 Å². The summed E-state index contributed by atoms with van der Waals surface area (Å²) < 4.78 is 23.5. The van der Waals surface area contributed by atoms with Crippen LogP contribution in [-0.2, 0) is 9.84 Å². The van der Waals surface area contributed by atoms with Crippen molar-refractivity contribution in [2.75, 3.05) is 11.5 Å². The minimum atomic E-state index is -2.87. The second-order valence-corrected chi connectivity index (χ2v) is 8.89. The summed E-state index contributed by atoms with van der Waals surface area (Å²) in [6.07, 6.45) is 5.21. The Balaban J connectivity index is 1.62. The van der Waals surface area contributed by atoms with Gasteiger partial charge in [0.15, 0.2) is 14.9 Å². The van der Waals surface area contributed by atoms with E-state index < -0.39 is 9.84 Å². The van der Waals surface area contributed by atoms with Crippen molar-refractivity contribution in [2.45, 2.75) is 43.8 Å². The van der Waals surface area contributed by atoms with Crippen LogP contribution < -0.4 is 5.32 Å². The maximum atomic E-state index is 11.8. The Morgan fingerprint density at radius 3 is 2.67 bits per heavy atom. The molecular formula is C12H18N2O2S2. The predicted octanol–water partition coefficient (Wildman–Crippen LogP) is 0.531. The smallest absolute Gasteiger partial charge is 0.169 e. The molecule has 4 nitrogen and oxygen atoms in total. The molecule has 100 valence electrons. The molecule has 0 radical (unpaired) electrons. The van der Waals surface area contributed by atoms with Crippen molar-refractivity contribution in [3.63, 3.8) is 0 Å². The van der Waals surface area contributed by atoms with Gasteiger partial charge in [0, 0.05) is 6.04 Å². The number of fused-ring (bicyclic) bond motifs is 3. The van der Waals surface area contributed by atoms with Crippen LogP contribution >= 0.6 is 12.2 Å². The Kier molecular flexibility index (Phi) is 2.29. The summed E-state index contributed by atoms with van der Waals surface area (Å²) in [4.78, 5) is 2.26. The second kappa shape index (κ2) is 3.60. The van der Waals surface area contributed by atoms with E-state index in [0.29, 0.717) is 11.8 Å². The summed E-state index contributed by atoms with van der Waals surface area (Å²) in [5, 5.41) is 4.04. The number of nitrogens with zero attached hydrogens (tertiary/aromatic N) is 1. The molecule has 0 aromatic rings. The van der Waals surface area contributed by atoms with E-state index in [0.717, 1.165) is 16.9 Å².